The molecule has 4 aliphatic carbocycles. The Balaban J connectivity index is 1.46. The van der Waals surface area contributed by atoms with Crippen LogP contribution in [0.15, 0.2) is 11.1 Å². The van der Waals surface area contributed by atoms with Gasteiger partial charge in [0.15, 0.2) is 0 Å². The van der Waals surface area contributed by atoms with Crippen LogP contribution in [0.1, 0.15) is 52.9 Å². The van der Waals surface area contributed by atoms with Gasteiger partial charge in [0.2, 0.25) is 0 Å². The van der Waals surface area contributed by atoms with Crippen LogP contribution in [0.2, 0.25) is 0 Å². The first kappa shape index (κ1) is 15.2. The highest BCUT2D eigenvalue weighted by Gasteiger charge is 2.90. The van der Waals surface area contributed by atoms with Gasteiger partial charge >= 0.3 is 5.97 Å². The van der Waals surface area contributed by atoms with Gasteiger partial charge in [-0.1, -0.05) is 20.8 Å². The zero-order valence-electron chi connectivity index (χ0n) is 15.4. The molecule has 25 heavy (non-hydrogen) atoms. The number of aliphatic hydroxyl groups is 1. The summed E-state index contributed by atoms with van der Waals surface area (Å²) in [7, 11) is 0. The average Bonchev–Trinajstić information content (AvgIpc) is 3.44. The monoisotopic (exact) mass is 344 g/mol. The molecule has 1 saturated heterocycles. The largest absolute Gasteiger partial charge is 0.458 e. The summed E-state index contributed by atoms with van der Waals surface area (Å²) in [5, 5.41) is 11.3. The number of rotatable bonds is 1. The minimum Gasteiger partial charge on any atom is -0.458 e. The molecule has 0 aromatic heterocycles. The van der Waals surface area contributed by atoms with Crippen molar-refractivity contribution in [3.05, 3.63) is 11.1 Å². The standard InChI is InChI=1S/C21H28O4/c1-10(2)13-6-11-8-20(11)19(3)5-4-12-14(9-24-18(12)23)15(19)7-16-21(20,25-16)17(13)22/h10-11,13,15-17,22H,4-9H2,1-3H3/t11?,13-,15-,16-,17+,19-,20-,21+/m0/s1. The highest BCUT2D eigenvalue weighted by atomic mass is 16.6. The molecule has 6 rings (SSSR count). The molecular formula is C21H28O4. The molecule has 2 aliphatic heterocycles. The van der Waals surface area contributed by atoms with Crippen LogP contribution in [0, 0.1) is 34.5 Å². The van der Waals surface area contributed by atoms with E-state index < -0.39 is 0 Å². The van der Waals surface area contributed by atoms with Crippen molar-refractivity contribution in [2.75, 3.05) is 6.61 Å². The smallest absolute Gasteiger partial charge is 0.334 e. The summed E-state index contributed by atoms with van der Waals surface area (Å²) in [5.41, 5.74) is 2.20. The summed E-state index contributed by atoms with van der Waals surface area (Å²) in [6, 6.07) is 0. The predicted octanol–water partition coefficient (Wildman–Crippen LogP) is 2.84. The lowest BCUT2D eigenvalue weighted by Gasteiger charge is -2.57. The van der Waals surface area contributed by atoms with E-state index in [4.69, 9.17) is 9.47 Å². The second-order valence-electron chi connectivity index (χ2n) is 10.1. The molecule has 4 nitrogen and oxygen atoms in total. The molecule has 4 fully saturated rings. The summed E-state index contributed by atoms with van der Waals surface area (Å²) in [6.07, 6.45) is 5.04. The quantitative estimate of drug-likeness (QED) is 0.587. The third kappa shape index (κ3) is 1.39. The van der Waals surface area contributed by atoms with E-state index in [-0.39, 0.29) is 34.6 Å². The number of carbonyl (C=O) groups excluding carboxylic acids is 1. The number of carbonyl (C=O) groups is 1. The Morgan fingerprint density at radius 3 is 2.84 bits per heavy atom. The number of aliphatic hydroxyl groups excluding tert-OH is 1. The van der Waals surface area contributed by atoms with E-state index in [0.717, 1.165) is 31.3 Å². The van der Waals surface area contributed by atoms with E-state index in [0.29, 0.717) is 30.3 Å². The Morgan fingerprint density at radius 2 is 2.08 bits per heavy atom. The molecular weight excluding hydrogens is 316 g/mol. The highest BCUT2D eigenvalue weighted by Crippen LogP contribution is 2.86. The lowest BCUT2D eigenvalue weighted by Crippen LogP contribution is -2.61. The molecule has 6 aliphatic rings. The van der Waals surface area contributed by atoms with Crippen LogP contribution < -0.4 is 0 Å². The molecule has 4 heteroatoms. The molecule has 1 N–H and O–H groups in total. The van der Waals surface area contributed by atoms with Gasteiger partial charge < -0.3 is 14.6 Å². The maximum Gasteiger partial charge on any atom is 0.334 e. The minimum atomic E-state index is -0.328. The van der Waals surface area contributed by atoms with Gasteiger partial charge in [-0.25, -0.2) is 4.79 Å². The lowest BCUT2D eigenvalue weighted by atomic mass is 9.45. The van der Waals surface area contributed by atoms with Crippen molar-refractivity contribution in [1.82, 2.24) is 0 Å². The van der Waals surface area contributed by atoms with Crippen molar-refractivity contribution in [2.45, 2.75) is 70.7 Å². The minimum absolute atomic E-state index is 0.0843. The fourth-order valence-electron chi connectivity index (χ4n) is 8.11. The normalized spacial score (nSPS) is 58.0. The van der Waals surface area contributed by atoms with Gasteiger partial charge in [0.25, 0.3) is 0 Å². The average molecular weight is 344 g/mol. The summed E-state index contributed by atoms with van der Waals surface area (Å²) < 4.78 is 11.8. The Hall–Kier alpha value is -0.870. The molecule has 0 aromatic rings. The Kier molecular flexibility index (Phi) is 2.54. The highest BCUT2D eigenvalue weighted by molar-refractivity contribution is 5.92. The predicted molar refractivity (Wildman–Crippen MR) is 90.5 cm³/mol. The van der Waals surface area contributed by atoms with Crippen molar-refractivity contribution in [3.63, 3.8) is 0 Å². The fourth-order valence-corrected chi connectivity index (χ4v) is 8.11. The molecule has 0 aromatic carbocycles. The molecule has 0 radical (unpaired) electrons. The van der Waals surface area contributed by atoms with Gasteiger partial charge in [0.1, 0.15) is 12.2 Å². The molecule has 136 valence electrons. The molecule has 0 amide bonds. The summed E-state index contributed by atoms with van der Waals surface area (Å²) in [4.78, 5) is 12.1. The van der Waals surface area contributed by atoms with Gasteiger partial charge in [0, 0.05) is 11.0 Å². The van der Waals surface area contributed by atoms with Gasteiger partial charge in [-0.15, -0.1) is 0 Å². The van der Waals surface area contributed by atoms with Crippen LogP contribution in [-0.4, -0.2) is 35.5 Å². The topological polar surface area (TPSA) is 59.1 Å². The fraction of sp³-hybridized carbons (Fsp3) is 0.857. The van der Waals surface area contributed by atoms with Crippen LogP contribution in [0.5, 0.6) is 0 Å². The Morgan fingerprint density at radius 1 is 1.28 bits per heavy atom. The van der Waals surface area contributed by atoms with Crippen LogP contribution >= 0.6 is 0 Å². The van der Waals surface area contributed by atoms with E-state index in [1.165, 1.54) is 12.0 Å². The first-order chi connectivity index (χ1) is 11.9. The van der Waals surface area contributed by atoms with Crippen LogP contribution in [0.3, 0.4) is 0 Å². The number of hydrogen-bond acceptors (Lipinski definition) is 4. The Labute approximate surface area is 148 Å². The molecule has 0 bridgehead atoms. The van der Waals surface area contributed by atoms with Crippen LogP contribution in [0.4, 0.5) is 0 Å². The van der Waals surface area contributed by atoms with Crippen LogP contribution in [-0.2, 0) is 14.3 Å². The summed E-state index contributed by atoms with van der Waals surface area (Å²) in [6.45, 7) is 7.41. The Bertz CT molecular complexity index is 725. The summed E-state index contributed by atoms with van der Waals surface area (Å²) >= 11 is 0. The number of ether oxygens (including phenoxy) is 2. The maximum absolute atomic E-state index is 12.1. The van der Waals surface area contributed by atoms with Crippen molar-refractivity contribution in [3.8, 4) is 0 Å². The van der Waals surface area contributed by atoms with Crippen LogP contribution in [0.25, 0.3) is 0 Å². The molecule has 2 spiro atoms. The second-order valence-corrected chi connectivity index (χ2v) is 10.1. The third-order valence-corrected chi connectivity index (χ3v) is 9.36. The third-order valence-electron chi connectivity index (χ3n) is 9.36. The van der Waals surface area contributed by atoms with Crippen molar-refractivity contribution in [2.24, 2.45) is 34.5 Å². The number of epoxide rings is 1. The number of esters is 1. The zero-order chi connectivity index (χ0) is 17.4. The number of fused-ring (bicyclic) bond motifs is 2. The first-order valence-corrected chi connectivity index (χ1v) is 10.1. The lowest BCUT2D eigenvalue weighted by molar-refractivity contribution is -0.136. The second kappa shape index (κ2) is 4.17. The number of hydrogen-bond donors (Lipinski definition) is 1. The first-order valence-electron chi connectivity index (χ1n) is 10.1. The number of cyclic esters (lactones) is 1. The van der Waals surface area contributed by atoms with E-state index in [1.54, 1.807) is 0 Å². The maximum atomic E-state index is 12.1. The summed E-state index contributed by atoms with van der Waals surface area (Å²) in [5.74, 6) is 1.86. The van der Waals surface area contributed by atoms with E-state index in [1.807, 2.05) is 0 Å². The molecule has 3 saturated carbocycles. The van der Waals surface area contributed by atoms with Crippen molar-refractivity contribution < 1.29 is 19.4 Å². The zero-order valence-corrected chi connectivity index (χ0v) is 15.4. The van der Waals surface area contributed by atoms with Crippen molar-refractivity contribution >= 4 is 5.97 Å². The van der Waals surface area contributed by atoms with Gasteiger partial charge in [-0.2, -0.15) is 0 Å². The molecule has 1 unspecified atom stereocenters. The van der Waals surface area contributed by atoms with Gasteiger partial charge in [-0.3, -0.25) is 0 Å². The van der Waals surface area contributed by atoms with E-state index >= 15 is 0 Å². The van der Waals surface area contributed by atoms with E-state index in [2.05, 4.69) is 20.8 Å². The molecule has 2 heterocycles. The molecule has 8 atom stereocenters. The van der Waals surface area contributed by atoms with Crippen molar-refractivity contribution in [1.29, 1.82) is 0 Å². The van der Waals surface area contributed by atoms with E-state index in [9.17, 15) is 9.90 Å². The SMILES string of the molecule is CC(C)[C@@H]1CC2C[C@]23[C@]2(O[C@H]2C[C@H]2C4=C(CC[C@@]23C)C(=O)OC4)[C@@H]1O. The van der Waals surface area contributed by atoms with Gasteiger partial charge in [0.05, 0.1) is 12.2 Å². The van der Waals surface area contributed by atoms with Gasteiger partial charge in [-0.05, 0) is 66.8 Å².